The van der Waals surface area contributed by atoms with Crippen LogP contribution in [0.25, 0.3) is 0 Å². The van der Waals surface area contributed by atoms with Crippen LogP contribution in [0.15, 0.2) is 24.3 Å². The Hall–Kier alpha value is -1.40. The standard InChI is InChI=1S/C24H34N4S2/c29-23(27-21-11-17-5-7-19(21)9-17)25-13-15-1-2-16(4-3-15)14-26-24(30)28-22-12-18-6-8-20(22)10-18/h1-4,17-22H,5-14H2,(H2,25,27,29)(H2,26,28,30)/t17-,18-,19-,20-,21-,22+/m0/s1. The number of nitrogens with one attached hydrogen (secondary N) is 4. The van der Waals surface area contributed by atoms with Crippen LogP contribution in [0.3, 0.4) is 0 Å². The van der Waals surface area contributed by atoms with Gasteiger partial charge in [-0.1, -0.05) is 37.1 Å². The summed E-state index contributed by atoms with van der Waals surface area (Å²) >= 11 is 11.1. The molecule has 4 aliphatic carbocycles. The average Bonchev–Trinajstić information content (AvgIpc) is 3.53. The summed E-state index contributed by atoms with van der Waals surface area (Å²) in [4.78, 5) is 0. The minimum absolute atomic E-state index is 0.592. The molecular formula is C24H34N4S2. The van der Waals surface area contributed by atoms with Gasteiger partial charge in [0.2, 0.25) is 0 Å². The molecule has 5 rings (SSSR count). The van der Waals surface area contributed by atoms with E-state index in [-0.39, 0.29) is 0 Å². The summed E-state index contributed by atoms with van der Waals surface area (Å²) in [6.45, 7) is 1.54. The summed E-state index contributed by atoms with van der Waals surface area (Å²) < 4.78 is 0. The first-order chi connectivity index (χ1) is 14.6. The van der Waals surface area contributed by atoms with Gasteiger partial charge < -0.3 is 21.3 Å². The largest absolute Gasteiger partial charge is 0.360 e. The number of hydrogen-bond acceptors (Lipinski definition) is 2. The number of hydrogen-bond donors (Lipinski definition) is 4. The van der Waals surface area contributed by atoms with Crippen LogP contribution in [0, 0.1) is 23.7 Å². The van der Waals surface area contributed by atoms with E-state index in [4.69, 9.17) is 24.4 Å². The van der Waals surface area contributed by atoms with E-state index in [1.54, 1.807) is 0 Å². The molecule has 4 aliphatic rings. The molecule has 1 aromatic carbocycles. The van der Waals surface area contributed by atoms with E-state index in [0.717, 1.165) is 47.0 Å². The summed E-state index contributed by atoms with van der Waals surface area (Å²) in [5.41, 5.74) is 2.50. The molecule has 4 fully saturated rings. The molecule has 6 heteroatoms. The number of fused-ring (bicyclic) bond motifs is 4. The third-order valence-electron chi connectivity index (χ3n) is 8.04. The highest BCUT2D eigenvalue weighted by Gasteiger charge is 2.40. The Bertz CT molecular complexity index is 715. The van der Waals surface area contributed by atoms with Gasteiger partial charge in [0.15, 0.2) is 10.2 Å². The Morgan fingerprint density at radius 3 is 1.43 bits per heavy atom. The van der Waals surface area contributed by atoms with Crippen molar-refractivity contribution < 1.29 is 0 Å². The monoisotopic (exact) mass is 442 g/mol. The zero-order valence-electron chi connectivity index (χ0n) is 17.7. The number of rotatable bonds is 6. The second kappa shape index (κ2) is 8.99. The molecule has 0 heterocycles. The summed E-state index contributed by atoms with van der Waals surface area (Å²) in [6.07, 6.45) is 11.0. The predicted octanol–water partition coefficient (Wildman–Crippen LogP) is 3.99. The van der Waals surface area contributed by atoms with Gasteiger partial charge in [-0.2, -0.15) is 0 Å². The normalized spacial score (nSPS) is 33.5. The number of thiocarbonyl (C=S) groups is 2. The smallest absolute Gasteiger partial charge is 0.166 e. The lowest BCUT2D eigenvalue weighted by molar-refractivity contribution is 0.389. The van der Waals surface area contributed by atoms with Crippen molar-refractivity contribution in [2.75, 3.05) is 0 Å². The van der Waals surface area contributed by atoms with Crippen LogP contribution in [0.5, 0.6) is 0 Å². The molecule has 6 atom stereocenters. The van der Waals surface area contributed by atoms with Gasteiger partial charge in [0, 0.05) is 25.2 Å². The summed E-state index contributed by atoms with van der Waals surface area (Å²) in [7, 11) is 0. The van der Waals surface area contributed by atoms with E-state index in [1.807, 2.05) is 0 Å². The van der Waals surface area contributed by atoms with Gasteiger partial charge in [0.05, 0.1) is 0 Å². The van der Waals surface area contributed by atoms with Gasteiger partial charge in [0.1, 0.15) is 0 Å². The zero-order valence-corrected chi connectivity index (χ0v) is 19.3. The Kier molecular flexibility index (Phi) is 6.15. The zero-order chi connectivity index (χ0) is 20.5. The maximum Gasteiger partial charge on any atom is 0.166 e. The van der Waals surface area contributed by atoms with Gasteiger partial charge in [-0.05, 0) is 97.8 Å². The maximum atomic E-state index is 5.53. The minimum atomic E-state index is 0.592. The van der Waals surface area contributed by atoms with Crippen LogP contribution < -0.4 is 21.3 Å². The summed E-state index contributed by atoms with van der Waals surface area (Å²) in [6, 6.07) is 9.89. The van der Waals surface area contributed by atoms with Gasteiger partial charge in [-0.25, -0.2) is 0 Å². The molecular weight excluding hydrogens is 408 g/mol. The third-order valence-corrected chi connectivity index (χ3v) is 8.56. The molecule has 4 nitrogen and oxygen atoms in total. The van der Waals surface area contributed by atoms with E-state index in [2.05, 4.69) is 45.5 Å². The molecule has 0 aromatic heterocycles. The van der Waals surface area contributed by atoms with Gasteiger partial charge in [0.25, 0.3) is 0 Å². The molecule has 0 radical (unpaired) electrons. The molecule has 162 valence electrons. The topological polar surface area (TPSA) is 48.1 Å². The highest BCUT2D eigenvalue weighted by Crippen LogP contribution is 2.45. The van der Waals surface area contributed by atoms with Gasteiger partial charge in [-0.3, -0.25) is 0 Å². The van der Waals surface area contributed by atoms with Crippen LogP contribution in [0.1, 0.15) is 62.5 Å². The van der Waals surface area contributed by atoms with E-state index in [1.165, 1.54) is 62.5 Å². The third kappa shape index (κ3) is 4.75. The molecule has 0 unspecified atom stereocenters. The lowest BCUT2D eigenvalue weighted by atomic mass is 9.95. The van der Waals surface area contributed by atoms with Crippen LogP contribution in [-0.2, 0) is 13.1 Å². The Labute approximate surface area is 191 Å². The van der Waals surface area contributed by atoms with E-state index < -0.39 is 0 Å². The highest BCUT2D eigenvalue weighted by molar-refractivity contribution is 7.80. The number of benzene rings is 1. The highest BCUT2D eigenvalue weighted by atomic mass is 32.1. The summed E-state index contributed by atoms with van der Waals surface area (Å²) in [5.74, 6) is 3.55. The molecule has 0 amide bonds. The fourth-order valence-corrected chi connectivity index (χ4v) is 6.87. The van der Waals surface area contributed by atoms with E-state index in [0.29, 0.717) is 12.1 Å². The van der Waals surface area contributed by atoms with Crippen molar-refractivity contribution in [2.45, 2.75) is 76.5 Å². The van der Waals surface area contributed by atoms with Crippen LogP contribution >= 0.6 is 24.4 Å². The molecule has 4 N–H and O–H groups in total. The van der Waals surface area contributed by atoms with Crippen LogP contribution in [-0.4, -0.2) is 22.3 Å². The van der Waals surface area contributed by atoms with Crippen LogP contribution in [0.2, 0.25) is 0 Å². The fourth-order valence-electron chi connectivity index (χ4n) is 6.42. The minimum Gasteiger partial charge on any atom is -0.360 e. The molecule has 0 aliphatic heterocycles. The average molecular weight is 443 g/mol. The van der Waals surface area contributed by atoms with Crippen molar-refractivity contribution in [3.8, 4) is 0 Å². The Morgan fingerprint density at radius 2 is 1.10 bits per heavy atom. The predicted molar refractivity (Wildman–Crippen MR) is 130 cm³/mol. The molecule has 4 saturated carbocycles. The van der Waals surface area contributed by atoms with E-state index >= 15 is 0 Å². The van der Waals surface area contributed by atoms with Gasteiger partial charge >= 0.3 is 0 Å². The second-order valence-corrected chi connectivity index (χ2v) is 10.8. The van der Waals surface area contributed by atoms with Crippen molar-refractivity contribution in [1.29, 1.82) is 0 Å². The lowest BCUT2D eigenvalue weighted by Crippen LogP contribution is -2.44. The first kappa shape index (κ1) is 20.5. The fraction of sp³-hybridized carbons (Fsp3) is 0.667. The van der Waals surface area contributed by atoms with E-state index in [9.17, 15) is 0 Å². The van der Waals surface area contributed by atoms with Gasteiger partial charge in [-0.15, -0.1) is 0 Å². The molecule has 0 saturated heterocycles. The first-order valence-electron chi connectivity index (χ1n) is 11.8. The Morgan fingerprint density at radius 1 is 0.667 bits per heavy atom. The lowest BCUT2D eigenvalue weighted by Gasteiger charge is -2.24. The molecule has 4 bridgehead atoms. The second-order valence-electron chi connectivity index (χ2n) is 10.0. The molecule has 0 spiro atoms. The quantitative estimate of drug-likeness (QED) is 0.500. The molecule has 1 aromatic rings. The van der Waals surface area contributed by atoms with Crippen LogP contribution in [0.4, 0.5) is 0 Å². The first-order valence-corrected chi connectivity index (χ1v) is 12.6. The molecule has 30 heavy (non-hydrogen) atoms. The SMILES string of the molecule is S=C(NCc1ccc(CNC(=S)N[C@@H]2C[C@H]3CC[C@H]2C3)cc1)N[C@H]1C[C@H]2CC[C@H]1C2. The van der Waals surface area contributed by atoms with Crippen molar-refractivity contribution in [2.24, 2.45) is 23.7 Å². The van der Waals surface area contributed by atoms with Crippen molar-refractivity contribution in [3.63, 3.8) is 0 Å². The summed E-state index contributed by atoms with van der Waals surface area (Å²) in [5, 5.41) is 15.5. The maximum absolute atomic E-state index is 5.53. The Balaban J connectivity index is 1.01. The van der Waals surface area contributed by atoms with Crippen molar-refractivity contribution >= 4 is 34.7 Å². The van der Waals surface area contributed by atoms with Crippen molar-refractivity contribution in [1.82, 2.24) is 21.3 Å². The van der Waals surface area contributed by atoms with Crippen molar-refractivity contribution in [3.05, 3.63) is 35.4 Å².